The van der Waals surface area contributed by atoms with E-state index in [0.717, 1.165) is 30.5 Å². The second kappa shape index (κ2) is 6.45. The third kappa shape index (κ3) is 3.48. The minimum atomic E-state index is -3.38. The monoisotopic (exact) mass is 333 g/mol. The van der Waals surface area contributed by atoms with Crippen LogP contribution >= 0.6 is 0 Å². The molecule has 0 radical (unpaired) electrons. The standard InChI is InChI=1S/C17H23N3O2S/c1-14-4-5-17(12-15(14)2)23(21,22)20-10-6-16(7-11-20)13-19-9-3-8-18-19/h3-5,8-9,12,16H,6-7,10-11,13H2,1-2H3. The van der Waals surface area contributed by atoms with Crippen LogP contribution in [-0.2, 0) is 16.6 Å². The fourth-order valence-electron chi connectivity index (χ4n) is 3.03. The first-order valence-electron chi connectivity index (χ1n) is 8.01. The molecule has 5 nitrogen and oxygen atoms in total. The van der Waals surface area contributed by atoms with E-state index in [1.165, 1.54) is 0 Å². The minimum Gasteiger partial charge on any atom is -0.272 e. The van der Waals surface area contributed by atoms with Crippen LogP contribution in [0.1, 0.15) is 24.0 Å². The molecule has 0 saturated carbocycles. The van der Waals surface area contributed by atoms with E-state index < -0.39 is 10.0 Å². The van der Waals surface area contributed by atoms with E-state index in [2.05, 4.69) is 5.10 Å². The van der Waals surface area contributed by atoms with Crippen LogP contribution in [0.15, 0.2) is 41.6 Å². The van der Waals surface area contributed by atoms with Gasteiger partial charge in [0.05, 0.1) is 4.90 Å². The summed E-state index contributed by atoms with van der Waals surface area (Å²) >= 11 is 0. The second-order valence-electron chi connectivity index (χ2n) is 6.32. The lowest BCUT2D eigenvalue weighted by Gasteiger charge is -2.31. The molecule has 0 bridgehead atoms. The summed E-state index contributed by atoms with van der Waals surface area (Å²) in [6, 6.07) is 7.29. The molecule has 2 heterocycles. The number of sulfonamides is 1. The summed E-state index contributed by atoms with van der Waals surface area (Å²) < 4.78 is 29.1. The van der Waals surface area contributed by atoms with Gasteiger partial charge in [0.2, 0.25) is 10.0 Å². The lowest BCUT2D eigenvalue weighted by Crippen LogP contribution is -2.39. The van der Waals surface area contributed by atoms with Gasteiger partial charge in [-0.2, -0.15) is 9.40 Å². The third-order valence-corrected chi connectivity index (χ3v) is 6.59. The largest absolute Gasteiger partial charge is 0.272 e. The SMILES string of the molecule is Cc1ccc(S(=O)(=O)N2CCC(Cn3cccn3)CC2)cc1C. The third-order valence-electron chi connectivity index (χ3n) is 4.69. The number of piperidine rings is 1. The van der Waals surface area contributed by atoms with Gasteiger partial charge in [-0.3, -0.25) is 4.68 Å². The van der Waals surface area contributed by atoms with Gasteiger partial charge in [0.15, 0.2) is 0 Å². The molecule has 0 unspecified atom stereocenters. The van der Waals surface area contributed by atoms with Crippen LogP contribution in [0.5, 0.6) is 0 Å². The van der Waals surface area contributed by atoms with E-state index in [4.69, 9.17) is 0 Å². The van der Waals surface area contributed by atoms with Crippen LogP contribution in [0.25, 0.3) is 0 Å². The molecule has 23 heavy (non-hydrogen) atoms. The quantitative estimate of drug-likeness (QED) is 0.864. The molecule has 1 fully saturated rings. The van der Waals surface area contributed by atoms with Crippen LogP contribution in [0.2, 0.25) is 0 Å². The highest BCUT2D eigenvalue weighted by molar-refractivity contribution is 7.89. The molecule has 1 aliphatic rings. The van der Waals surface area contributed by atoms with Crippen molar-refractivity contribution < 1.29 is 8.42 Å². The molecular weight excluding hydrogens is 310 g/mol. The van der Waals surface area contributed by atoms with Crippen molar-refractivity contribution in [1.82, 2.24) is 14.1 Å². The van der Waals surface area contributed by atoms with Gasteiger partial charge in [-0.1, -0.05) is 6.07 Å². The van der Waals surface area contributed by atoms with Crippen molar-refractivity contribution in [1.29, 1.82) is 0 Å². The van der Waals surface area contributed by atoms with Crippen molar-refractivity contribution in [3.05, 3.63) is 47.8 Å². The first-order valence-corrected chi connectivity index (χ1v) is 9.45. The molecule has 0 spiro atoms. The summed E-state index contributed by atoms with van der Waals surface area (Å²) in [5.41, 5.74) is 2.13. The molecule has 0 amide bonds. The van der Waals surface area contributed by atoms with Crippen molar-refractivity contribution in [2.24, 2.45) is 5.92 Å². The number of benzene rings is 1. The number of aryl methyl sites for hydroxylation is 2. The minimum absolute atomic E-state index is 0.408. The van der Waals surface area contributed by atoms with Crippen molar-refractivity contribution in [2.45, 2.75) is 38.1 Å². The Labute approximate surface area is 138 Å². The van der Waals surface area contributed by atoms with Crippen LogP contribution in [-0.4, -0.2) is 35.6 Å². The van der Waals surface area contributed by atoms with Gasteiger partial charge in [0.25, 0.3) is 0 Å². The fourth-order valence-corrected chi connectivity index (χ4v) is 4.58. The molecule has 1 aromatic carbocycles. The molecule has 3 rings (SSSR count). The van der Waals surface area contributed by atoms with Gasteiger partial charge in [-0.05, 0) is 61.9 Å². The van der Waals surface area contributed by atoms with Crippen LogP contribution in [0.3, 0.4) is 0 Å². The zero-order chi connectivity index (χ0) is 16.4. The fraction of sp³-hybridized carbons (Fsp3) is 0.471. The Bertz CT molecular complexity index is 761. The molecular formula is C17H23N3O2S. The molecule has 6 heteroatoms. The van der Waals surface area contributed by atoms with Gasteiger partial charge in [0, 0.05) is 32.0 Å². The van der Waals surface area contributed by atoms with Crippen molar-refractivity contribution in [3.8, 4) is 0 Å². The second-order valence-corrected chi connectivity index (χ2v) is 8.26. The number of rotatable bonds is 4. The van der Waals surface area contributed by atoms with E-state index >= 15 is 0 Å². The van der Waals surface area contributed by atoms with Gasteiger partial charge in [-0.15, -0.1) is 0 Å². The Hall–Kier alpha value is -1.66. The number of hydrogen-bond acceptors (Lipinski definition) is 3. The van der Waals surface area contributed by atoms with E-state index in [0.29, 0.717) is 23.9 Å². The zero-order valence-electron chi connectivity index (χ0n) is 13.6. The zero-order valence-corrected chi connectivity index (χ0v) is 14.5. The normalized spacial score (nSPS) is 17.5. The van der Waals surface area contributed by atoms with Crippen molar-refractivity contribution in [2.75, 3.05) is 13.1 Å². The summed E-state index contributed by atoms with van der Waals surface area (Å²) in [7, 11) is -3.38. The van der Waals surface area contributed by atoms with E-state index in [-0.39, 0.29) is 0 Å². The Morgan fingerprint density at radius 3 is 2.52 bits per heavy atom. The van der Waals surface area contributed by atoms with E-state index in [1.54, 1.807) is 22.6 Å². The Kier molecular flexibility index (Phi) is 4.55. The van der Waals surface area contributed by atoms with Gasteiger partial charge >= 0.3 is 0 Å². The topological polar surface area (TPSA) is 55.2 Å². The molecule has 1 saturated heterocycles. The first-order chi connectivity index (χ1) is 11.0. The average Bonchev–Trinajstić information content (AvgIpc) is 3.03. The Balaban J connectivity index is 1.67. The molecule has 2 aromatic rings. The summed E-state index contributed by atoms with van der Waals surface area (Å²) in [4.78, 5) is 0.408. The predicted molar refractivity (Wildman–Crippen MR) is 89.6 cm³/mol. The molecule has 1 aliphatic heterocycles. The van der Waals surface area contributed by atoms with E-state index in [9.17, 15) is 8.42 Å². The molecule has 124 valence electrons. The Morgan fingerprint density at radius 1 is 1.17 bits per heavy atom. The van der Waals surface area contributed by atoms with Crippen LogP contribution in [0, 0.1) is 19.8 Å². The maximum absolute atomic E-state index is 12.8. The smallest absolute Gasteiger partial charge is 0.243 e. The predicted octanol–water partition coefficient (Wildman–Crippen LogP) is 2.60. The highest BCUT2D eigenvalue weighted by Gasteiger charge is 2.29. The summed E-state index contributed by atoms with van der Waals surface area (Å²) in [6.45, 7) is 5.98. The summed E-state index contributed by atoms with van der Waals surface area (Å²) in [5.74, 6) is 0.487. The lowest BCUT2D eigenvalue weighted by molar-refractivity contribution is 0.247. The number of hydrogen-bond donors (Lipinski definition) is 0. The highest BCUT2D eigenvalue weighted by Crippen LogP contribution is 2.25. The van der Waals surface area contributed by atoms with Crippen LogP contribution in [0.4, 0.5) is 0 Å². The molecule has 1 aromatic heterocycles. The number of aromatic nitrogens is 2. The van der Waals surface area contributed by atoms with Crippen molar-refractivity contribution >= 4 is 10.0 Å². The maximum atomic E-state index is 12.8. The van der Waals surface area contributed by atoms with E-state index in [1.807, 2.05) is 36.9 Å². The summed E-state index contributed by atoms with van der Waals surface area (Å²) in [6.07, 6.45) is 5.49. The first kappa shape index (κ1) is 16.2. The van der Waals surface area contributed by atoms with Gasteiger partial charge in [0.1, 0.15) is 0 Å². The Morgan fingerprint density at radius 2 is 1.91 bits per heavy atom. The lowest BCUT2D eigenvalue weighted by atomic mass is 9.98. The van der Waals surface area contributed by atoms with Crippen molar-refractivity contribution in [3.63, 3.8) is 0 Å². The maximum Gasteiger partial charge on any atom is 0.243 e. The molecule has 0 aliphatic carbocycles. The van der Waals surface area contributed by atoms with Gasteiger partial charge in [-0.25, -0.2) is 8.42 Å². The number of nitrogens with zero attached hydrogens (tertiary/aromatic N) is 3. The summed E-state index contributed by atoms with van der Waals surface area (Å²) in [5, 5.41) is 4.23. The molecule has 0 atom stereocenters. The van der Waals surface area contributed by atoms with Crippen LogP contribution < -0.4 is 0 Å². The molecule has 0 N–H and O–H groups in total. The highest BCUT2D eigenvalue weighted by atomic mass is 32.2. The van der Waals surface area contributed by atoms with Gasteiger partial charge < -0.3 is 0 Å². The average molecular weight is 333 g/mol.